The Balaban J connectivity index is 1.73. The molecule has 170 valence electrons. The molecule has 1 aromatic heterocycles. The Morgan fingerprint density at radius 1 is 0.543 bits per heavy atom. The molecule has 0 saturated carbocycles. The van der Waals surface area contributed by atoms with E-state index in [1.165, 1.54) is 50.1 Å². The van der Waals surface area contributed by atoms with Crippen molar-refractivity contribution in [2.75, 3.05) is 0 Å². The largest absolute Gasteiger partial charge is 0.460 e. The van der Waals surface area contributed by atoms with Gasteiger partial charge in [-0.3, -0.25) is 0 Å². The van der Waals surface area contributed by atoms with Gasteiger partial charge in [0, 0.05) is 22.6 Å². The van der Waals surface area contributed by atoms with Crippen molar-refractivity contribution in [1.82, 2.24) is 0 Å². The molecule has 5 aromatic rings. The van der Waals surface area contributed by atoms with E-state index in [2.05, 4.69) is 130 Å². The molecule has 1 aliphatic carbocycles. The van der Waals surface area contributed by atoms with Gasteiger partial charge in [-0.25, -0.2) is 0 Å². The Bertz CT molecular complexity index is 1520. The average molecular weight is 453 g/mol. The lowest BCUT2D eigenvalue weighted by atomic mass is 9.84. The van der Waals surface area contributed by atoms with Crippen molar-refractivity contribution in [1.29, 1.82) is 0 Å². The molecule has 0 aliphatic heterocycles. The number of benzene rings is 4. The number of allylic oxidation sites excluding steroid dienone is 1. The molecular weight excluding hydrogens is 424 g/mol. The molecule has 0 N–H and O–H groups in total. The minimum atomic E-state index is 0.103. The van der Waals surface area contributed by atoms with Gasteiger partial charge in [0.2, 0.25) is 0 Å². The van der Waals surface area contributed by atoms with Gasteiger partial charge in [0.05, 0.1) is 0 Å². The third-order valence-electron chi connectivity index (χ3n) is 7.10. The normalized spacial score (nSPS) is 14.9. The van der Waals surface area contributed by atoms with Crippen LogP contribution in [0.25, 0.3) is 22.5 Å². The van der Waals surface area contributed by atoms with Crippen LogP contribution in [0.1, 0.15) is 50.6 Å². The van der Waals surface area contributed by atoms with Crippen molar-refractivity contribution >= 4 is 11.1 Å². The monoisotopic (exact) mass is 452 g/mol. The highest BCUT2D eigenvalue weighted by atomic mass is 16.3. The summed E-state index contributed by atoms with van der Waals surface area (Å²) < 4.78 is 6.57. The Morgan fingerprint density at radius 2 is 1.09 bits per heavy atom. The van der Waals surface area contributed by atoms with Gasteiger partial charge in [-0.2, -0.15) is 0 Å². The maximum Gasteiger partial charge on any atom is 0.142 e. The zero-order chi connectivity index (χ0) is 23.9. The first-order valence-electron chi connectivity index (χ1n) is 12.2. The Kier molecular flexibility index (Phi) is 5.26. The van der Waals surface area contributed by atoms with Crippen molar-refractivity contribution in [3.05, 3.63) is 154 Å². The second kappa shape index (κ2) is 8.60. The number of aryl methyl sites for hydroxylation is 3. The van der Waals surface area contributed by atoms with Gasteiger partial charge in [0.15, 0.2) is 0 Å². The highest BCUT2D eigenvalue weighted by molar-refractivity contribution is 6.09. The van der Waals surface area contributed by atoms with E-state index in [1.807, 2.05) is 0 Å². The topological polar surface area (TPSA) is 13.1 Å². The zero-order valence-corrected chi connectivity index (χ0v) is 20.4. The number of hydrogen-bond donors (Lipinski definition) is 0. The minimum absolute atomic E-state index is 0.103. The third kappa shape index (κ3) is 3.65. The van der Waals surface area contributed by atoms with E-state index in [-0.39, 0.29) is 5.92 Å². The first-order chi connectivity index (χ1) is 17.1. The number of hydrogen-bond acceptors (Lipinski definition) is 1. The smallest absolute Gasteiger partial charge is 0.142 e. The molecule has 0 bridgehead atoms. The van der Waals surface area contributed by atoms with E-state index >= 15 is 0 Å². The van der Waals surface area contributed by atoms with Gasteiger partial charge in [-0.15, -0.1) is 0 Å². The summed E-state index contributed by atoms with van der Waals surface area (Å²) in [5.74, 6) is 2.04. The number of furan rings is 1. The van der Waals surface area contributed by atoms with Crippen LogP contribution in [-0.4, -0.2) is 0 Å². The van der Waals surface area contributed by atoms with Crippen molar-refractivity contribution in [3.8, 4) is 11.3 Å². The third-order valence-corrected chi connectivity index (χ3v) is 7.10. The van der Waals surface area contributed by atoms with Crippen LogP contribution in [0.4, 0.5) is 0 Å². The van der Waals surface area contributed by atoms with Gasteiger partial charge >= 0.3 is 0 Å². The van der Waals surface area contributed by atoms with Crippen LogP contribution in [0.5, 0.6) is 0 Å². The van der Waals surface area contributed by atoms with E-state index in [9.17, 15) is 0 Å². The molecule has 0 saturated heterocycles. The molecule has 6 rings (SSSR count). The van der Waals surface area contributed by atoms with Crippen LogP contribution in [0, 0.1) is 20.8 Å². The van der Waals surface area contributed by atoms with Gasteiger partial charge < -0.3 is 4.42 Å². The fraction of sp³-hybridized carbons (Fsp3) is 0.118. The molecule has 0 fully saturated rings. The lowest BCUT2D eigenvalue weighted by Crippen LogP contribution is -2.02. The summed E-state index contributed by atoms with van der Waals surface area (Å²) in [6, 6.07) is 39.3. The molecule has 1 heteroatoms. The van der Waals surface area contributed by atoms with Crippen molar-refractivity contribution in [3.63, 3.8) is 0 Å². The molecule has 1 nitrogen and oxygen atoms in total. The number of rotatable bonds is 4. The van der Waals surface area contributed by atoms with Crippen LogP contribution in [-0.2, 0) is 0 Å². The predicted octanol–water partition coefficient (Wildman–Crippen LogP) is 8.98. The molecule has 0 spiro atoms. The van der Waals surface area contributed by atoms with Gasteiger partial charge in [-0.05, 0) is 48.6 Å². The lowest BCUT2D eigenvalue weighted by Gasteiger charge is -2.19. The standard InChI is InChI=1S/C34H28O/c1-22-14-18-26(19-15-22)31-30(25-10-6-4-7-11-25)29-24(3)35-34(28-12-8-5-9-13-28)33(29)32(31)27-20-16-23(2)17-21-27/h4-21,30H,1-3H3. The van der Waals surface area contributed by atoms with E-state index in [0.29, 0.717) is 0 Å². The number of fused-ring (bicyclic) bond motifs is 1. The first-order valence-corrected chi connectivity index (χ1v) is 12.2. The molecule has 0 amide bonds. The SMILES string of the molecule is Cc1ccc(C2=C(c3ccc(C)cc3)C(c3ccccc3)c3c(C)oc(-c4ccccc4)c32)cc1. The fourth-order valence-electron chi connectivity index (χ4n) is 5.41. The van der Waals surface area contributed by atoms with Crippen molar-refractivity contribution < 1.29 is 4.42 Å². The average Bonchev–Trinajstić information content (AvgIpc) is 3.41. The van der Waals surface area contributed by atoms with Crippen molar-refractivity contribution in [2.24, 2.45) is 0 Å². The Labute approximate surface area is 207 Å². The van der Waals surface area contributed by atoms with E-state index in [1.54, 1.807) is 0 Å². The second-order valence-corrected chi connectivity index (χ2v) is 9.51. The zero-order valence-electron chi connectivity index (χ0n) is 20.4. The fourth-order valence-corrected chi connectivity index (χ4v) is 5.41. The van der Waals surface area contributed by atoms with Gasteiger partial charge in [0.25, 0.3) is 0 Å². The molecule has 1 unspecified atom stereocenters. The molecule has 35 heavy (non-hydrogen) atoms. The van der Waals surface area contributed by atoms with Crippen LogP contribution in [0.3, 0.4) is 0 Å². The summed E-state index contributed by atoms with van der Waals surface area (Å²) >= 11 is 0. The maximum atomic E-state index is 6.57. The second-order valence-electron chi connectivity index (χ2n) is 9.51. The molecule has 1 atom stereocenters. The summed E-state index contributed by atoms with van der Waals surface area (Å²) in [7, 11) is 0. The van der Waals surface area contributed by atoms with Crippen LogP contribution in [0.2, 0.25) is 0 Å². The van der Waals surface area contributed by atoms with Crippen molar-refractivity contribution in [2.45, 2.75) is 26.7 Å². The molecule has 1 heterocycles. The van der Waals surface area contributed by atoms with Gasteiger partial charge in [0.1, 0.15) is 11.5 Å². The highest BCUT2D eigenvalue weighted by Gasteiger charge is 2.39. The first kappa shape index (κ1) is 21.4. The molecule has 1 aliphatic rings. The maximum absolute atomic E-state index is 6.57. The van der Waals surface area contributed by atoms with E-state index in [0.717, 1.165) is 17.1 Å². The van der Waals surface area contributed by atoms with E-state index < -0.39 is 0 Å². The lowest BCUT2D eigenvalue weighted by molar-refractivity contribution is 0.542. The highest BCUT2D eigenvalue weighted by Crippen LogP contribution is 2.57. The summed E-state index contributed by atoms with van der Waals surface area (Å²) in [4.78, 5) is 0. The summed E-state index contributed by atoms with van der Waals surface area (Å²) in [6.45, 7) is 6.41. The molecular formula is C34H28O. The van der Waals surface area contributed by atoms with Gasteiger partial charge in [-0.1, -0.05) is 120 Å². The Hall–Kier alpha value is -4.10. The summed E-state index contributed by atoms with van der Waals surface area (Å²) in [5, 5.41) is 0. The molecule has 0 radical (unpaired) electrons. The Morgan fingerprint density at radius 3 is 1.69 bits per heavy atom. The van der Waals surface area contributed by atoms with Crippen LogP contribution >= 0.6 is 0 Å². The quantitative estimate of drug-likeness (QED) is 0.265. The van der Waals surface area contributed by atoms with Crippen LogP contribution < -0.4 is 0 Å². The van der Waals surface area contributed by atoms with E-state index in [4.69, 9.17) is 4.42 Å². The van der Waals surface area contributed by atoms with Crippen LogP contribution in [0.15, 0.2) is 114 Å². The molecule has 4 aromatic carbocycles. The summed E-state index contributed by atoms with van der Waals surface area (Å²) in [5.41, 5.74) is 12.5. The minimum Gasteiger partial charge on any atom is -0.460 e. The summed E-state index contributed by atoms with van der Waals surface area (Å²) in [6.07, 6.45) is 0. The predicted molar refractivity (Wildman–Crippen MR) is 145 cm³/mol.